The number of amides is 1. The van der Waals surface area contributed by atoms with E-state index in [1.165, 1.54) is 12.1 Å². The van der Waals surface area contributed by atoms with Gasteiger partial charge >= 0.3 is 0 Å². The molecule has 0 bridgehead atoms. The van der Waals surface area contributed by atoms with Crippen LogP contribution in [-0.4, -0.2) is 30.9 Å². The molecule has 0 N–H and O–H groups in total. The van der Waals surface area contributed by atoms with E-state index in [1.54, 1.807) is 11.0 Å². The Hall–Kier alpha value is -1.88. The number of nitrogens with zero attached hydrogens (tertiary/aromatic N) is 2. The topological polar surface area (TPSA) is 23.6 Å². The van der Waals surface area contributed by atoms with Gasteiger partial charge in [-0.2, -0.15) is 0 Å². The maximum absolute atomic E-state index is 14.0. The minimum Gasteiger partial charge on any atom is -0.373 e. The Balaban J connectivity index is 1.93. The van der Waals surface area contributed by atoms with Crippen molar-refractivity contribution < 1.29 is 9.18 Å². The Labute approximate surface area is 137 Å². The first kappa shape index (κ1) is 15.0. The van der Waals surface area contributed by atoms with E-state index in [9.17, 15) is 9.18 Å². The molecular weight excluding hydrogens is 347 g/mol. The van der Waals surface area contributed by atoms with E-state index < -0.39 is 5.82 Å². The number of hydrogen-bond donors (Lipinski definition) is 0. The molecule has 22 heavy (non-hydrogen) atoms. The lowest BCUT2D eigenvalue weighted by atomic mass is 10.1. The van der Waals surface area contributed by atoms with Gasteiger partial charge in [-0.1, -0.05) is 34.1 Å². The van der Waals surface area contributed by atoms with Crippen LogP contribution < -0.4 is 4.90 Å². The summed E-state index contributed by atoms with van der Waals surface area (Å²) in [5, 5.41) is 0. The van der Waals surface area contributed by atoms with Crippen LogP contribution in [0.4, 0.5) is 10.1 Å². The zero-order valence-electron chi connectivity index (χ0n) is 12.2. The lowest BCUT2D eigenvalue weighted by molar-refractivity contribution is 0.0747. The van der Waals surface area contributed by atoms with Crippen LogP contribution in [0.1, 0.15) is 15.9 Å². The van der Waals surface area contributed by atoms with E-state index in [0.29, 0.717) is 17.6 Å². The molecule has 0 fully saturated rings. The maximum atomic E-state index is 14.0. The van der Waals surface area contributed by atoms with Gasteiger partial charge in [-0.25, -0.2) is 4.39 Å². The number of likely N-dealkylation sites (N-methyl/N-ethyl adjacent to an activating group) is 1. The molecule has 0 radical (unpaired) electrons. The summed E-state index contributed by atoms with van der Waals surface area (Å²) in [5.74, 6) is -0.761. The van der Waals surface area contributed by atoms with Crippen molar-refractivity contribution in [2.75, 3.05) is 25.0 Å². The van der Waals surface area contributed by atoms with Gasteiger partial charge in [0, 0.05) is 36.8 Å². The van der Waals surface area contributed by atoms with Crippen molar-refractivity contribution in [1.29, 1.82) is 0 Å². The van der Waals surface area contributed by atoms with Crippen LogP contribution in [0, 0.1) is 5.82 Å². The van der Waals surface area contributed by atoms with Crippen LogP contribution in [0.15, 0.2) is 46.9 Å². The molecule has 0 spiro atoms. The molecule has 0 atom stereocenters. The van der Waals surface area contributed by atoms with E-state index >= 15 is 0 Å². The summed E-state index contributed by atoms with van der Waals surface area (Å²) < 4.78 is 14.7. The molecule has 2 aromatic rings. The number of hydrogen-bond acceptors (Lipinski definition) is 2. The van der Waals surface area contributed by atoms with Gasteiger partial charge in [-0.15, -0.1) is 0 Å². The first-order valence-corrected chi connectivity index (χ1v) is 7.89. The number of rotatable bonds is 1. The second-order valence-corrected chi connectivity index (χ2v) is 6.32. The highest BCUT2D eigenvalue weighted by molar-refractivity contribution is 9.10. The largest absolute Gasteiger partial charge is 0.373 e. The summed E-state index contributed by atoms with van der Waals surface area (Å²) in [6.07, 6.45) is 0. The number of halogens is 2. The minimum atomic E-state index is -0.487. The van der Waals surface area contributed by atoms with Crippen LogP contribution in [0.5, 0.6) is 0 Å². The number of carbonyl (C=O) groups excluding carboxylic acids is 1. The standard InChI is InChI=1S/C17H16BrFN2O/c1-20-8-9-21(11-12-4-2-3-5-16(12)20)17(22)14-10-13(18)6-7-15(14)19/h2-7,10H,8-9,11H2,1H3. The Morgan fingerprint density at radius 2 is 1.95 bits per heavy atom. The summed E-state index contributed by atoms with van der Waals surface area (Å²) in [4.78, 5) is 16.5. The summed E-state index contributed by atoms with van der Waals surface area (Å²) >= 11 is 3.29. The number of fused-ring (bicyclic) bond motifs is 1. The summed E-state index contributed by atoms with van der Waals surface area (Å²) in [6, 6.07) is 12.4. The van der Waals surface area contributed by atoms with Crippen molar-refractivity contribution in [3.8, 4) is 0 Å². The zero-order valence-corrected chi connectivity index (χ0v) is 13.8. The van der Waals surface area contributed by atoms with Crippen molar-refractivity contribution >= 4 is 27.5 Å². The molecule has 0 saturated carbocycles. The molecule has 1 heterocycles. The molecule has 0 aromatic heterocycles. The van der Waals surface area contributed by atoms with Gasteiger partial charge in [0.15, 0.2) is 0 Å². The van der Waals surface area contributed by atoms with Gasteiger partial charge in [0.05, 0.1) is 5.56 Å². The highest BCUT2D eigenvalue weighted by atomic mass is 79.9. The van der Waals surface area contributed by atoms with Crippen molar-refractivity contribution in [3.05, 3.63) is 63.9 Å². The van der Waals surface area contributed by atoms with Crippen molar-refractivity contribution in [3.63, 3.8) is 0 Å². The van der Waals surface area contributed by atoms with Crippen molar-refractivity contribution in [2.24, 2.45) is 0 Å². The Bertz CT molecular complexity index is 720. The van der Waals surface area contributed by atoms with E-state index in [2.05, 4.69) is 20.8 Å². The smallest absolute Gasteiger partial charge is 0.257 e. The summed E-state index contributed by atoms with van der Waals surface area (Å²) in [7, 11) is 2.01. The molecule has 1 aliphatic rings. The summed E-state index contributed by atoms with van der Waals surface area (Å²) in [5.41, 5.74) is 2.30. The zero-order chi connectivity index (χ0) is 15.7. The number of benzene rings is 2. The van der Waals surface area contributed by atoms with Crippen molar-refractivity contribution in [2.45, 2.75) is 6.54 Å². The van der Waals surface area contributed by atoms with Crippen LogP contribution >= 0.6 is 15.9 Å². The van der Waals surface area contributed by atoms with E-state index in [0.717, 1.165) is 17.8 Å². The number of para-hydroxylation sites is 1. The molecule has 0 saturated heterocycles. The van der Waals surface area contributed by atoms with E-state index in [-0.39, 0.29) is 11.5 Å². The van der Waals surface area contributed by atoms with Crippen LogP contribution in [-0.2, 0) is 6.54 Å². The maximum Gasteiger partial charge on any atom is 0.257 e. The Kier molecular flexibility index (Phi) is 4.16. The molecule has 1 amide bonds. The molecule has 0 aliphatic carbocycles. The quantitative estimate of drug-likeness (QED) is 0.772. The van der Waals surface area contributed by atoms with Gasteiger partial charge in [-0.3, -0.25) is 4.79 Å². The normalized spacial score (nSPS) is 14.5. The Morgan fingerprint density at radius 1 is 1.18 bits per heavy atom. The molecule has 3 rings (SSSR count). The highest BCUT2D eigenvalue weighted by Crippen LogP contribution is 2.25. The van der Waals surface area contributed by atoms with Crippen LogP contribution in [0.25, 0.3) is 0 Å². The Morgan fingerprint density at radius 3 is 2.77 bits per heavy atom. The third-order valence-corrected chi connectivity index (χ3v) is 4.41. The van der Waals surface area contributed by atoms with Crippen LogP contribution in [0.3, 0.4) is 0 Å². The molecule has 3 nitrogen and oxygen atoms in total. The third-order valence-electron chi connectivity index (χ3n) is 3.92. The molecule has 1 aliphatic heterocycles. The fourth-order valence-corrected chi connectivity index (χ4v) is 3.06. The first-order chi connectivity index (χ1) is 10.6. The number of anilines is 1. The molecule has 0 unspecified atom stereocenters. The lowest BCUT2D eigenvalue weighted by Gasteiger charge is -2.21. The average molecular weight is 363 g/mol. The SMILES string of the molecule is CN1CCN(C(=O)c2cc(Br)ccc2F)Cc2ccccc21. The van der Waals surface area contributed by atoms with Crippen LogP contribution in [0.2, 0.25) is 0 Å². The van der Waals surface area contributed by atoms with Gasteiger partial charge in [0.25, 0.3) is 5.91 Å². The van der Waals surface area contributed by atoms with E-state index in [4.69, 9.17) is 0 Å². The van der Waals surface area contributed by atoms with E-state index in [1.807, 2.05) is 31.3 Å². The second kappa shape index (κ2) is 6.08. The number of carbonyl (C=O) groups is 1. The lowest BCUT2D eigenvalue weighted by Crippen LogP contribution is -2.34. The predicted octanol–water partition coefficient (Wildman–Crippen LogP) is 3.68. The summed E-state index contributed by atoms with van der Waals surface area (Å²) in [6.45, 7) is 1.78. The second-order valence-electron chi connectivity index (χ2n) is 5.40. The average Bonchev–Trinajstić information content (AvgIpc) is 2.69. The fraction of sp³-hybridized carbons (Fsp3) is 0.235. The predicted molar refractivity (Wildman–Crippen MR) is 88.6 cm³/mol. The highest BCUT2D eigenvalue weighted by Gasteiger charge is 2.24. The first-order valence-electron chi connectivity index (χ1n) is 7.09. The minimum absolute atomic E-state index is 0.108. The fourth-order valence-electron chi connectivity index (χ4n) is 2.70. The van der Waals surface area contributed by atoms with Crippen molar-refractivity contribution in [1.82, 2.24) is 4.90 Å². The molecular formula is C17H16BrFN2O. The molecule has 114 valence electrons. The third kappa shape index (κ3) is 2.86. The molecule has 5 heteroatoms. The van der Waals surface area contributed by atoms with Gasteiger partial charge in [-0.05, 0) is 29.8 Å². The van der Waals surface area contributed by atoms with Gasteiger partial charge in [0.1, 0.15) is 5.82 Å². The van der Waals surface area contributed by atoms with Gasteiger partial charge in [0.2, 0.25) is 0 Å². The molecule has 2 aromatic carbocycles. The monoisotopic (exact) mass is 362 g/mol. The van der Waals surface area contributed by atoms with Gasteiger partial charge < -0.3 is 9.80 Å².